The standard InChI is InChI=1S/C21H26N4O5S/c1-2-4-18-22-23-21(25(18)12-20(27)28)31-13-19(26)24-8-3-5-15(24)14-6-7-16-17(11-14)30-10-9-29-16/h6-7,11,15H,2-5,8-10,12-13H2,1H3,(H,27,28)/t15-/m1/s1. The minimum Gasteiger partial charge on any atom is -0.486 e. The Kier molecular flexibility index (Phi) is 6.64. The molecule has 0 bridgehead atoms. The molecule has 166 valence electrons. The summed E-state index contributed by atoms with van der Waals surface area (Å²) in [7, 11) is 0. The monoisotopic (exact) mass is 446 g/mol. The fourth-order valence-electron chi connectivity index (χ4n) is 4.02. The van der Waals surface area contributed by atoms with Gasteiger partial charge in [0.2, 0.25) is 5.91 Å². The zero-order valence-electron chi connectivity index (χ0n) is 17.5. The Morgan fingerprint density at radius 3 is 2.81 bits per heavy atom. The Balaban J connectivity index is 1.44. The number of aliphatic carboxylic acids is 1. The predicted molar refractivity (Wildman–Crippen MR) is 113 cm³/mol. The molecule has 10 heteroatoms. The number of hydrogen-bond acceptors (Lipinski definition) is 7. The third-order valence-corrected chi connectivity index (χ3v) is 6.36. The van der Waals surface area contributed by atoms with Crippen LogP contribution in [0, 0.1) is 0 Å². The first kappa shape index (κ1) is 21.5. The van der Waals surface area contributed by atoms with Gasteiger partial charge < -0.3 is 19.5 Å². The molecule has 1 aromatic carbocycles. The average molecular weight is 447 g/mol. The van der Waals surface area contributed by atoms with Crippen LogP contribution >= 0.6 is 11.8 Å². The highest BCUT2D eigenvalue weighted by molar-refractivity contribution is 7.99. The first-order chi connectivity index (χ1) is 15.1. The second-order valence-electron chi connectivity index (χ2n) is 7.57. The number of amides is 1. The Morgan fingerprint density at radius 1 is 1.23 bits per heavy atom. The van der Waals surface area contributed by atoms with Crippen molar-refractivity contribution in [3.8, 4) is 11.5 Å². The molecule has 1 amide bonds. The van der Waals surface area contributed by atoms with Gasteiger partial charge in [0.1, 0.15) is 25.6 Å². The van der Waals surface area contributed by atoms with Gasteiger partial charge in [-0.05, 0) is 37.0 Å². The first-order valence-electron chi connectivity index (χ1n) is 10.5. The van der Waals surface area contributed by atoms with Crippen molar-refractivity contribution in [1.82, 2.24) is 19.7 Å². The van der Waals surface area contributed by atoms with Gasteiger partial charge in [0, 0.05) is 13.0 Å². The maximum Gasteiger partial charge on any atom is 0.323 e. The van der Waals surface area contributed by atoms with E-state index in [0.717, 1.165) is 36.3 Å². The molecule has 2 aliphatic heterocycles. The van der Waals surface area contributed by atoms with E-state index in [2.05, 4.69) is 10.2 Å². The van der Waals surface area contributed by atoms with Gasteiger partial charge in [0.25, 0.3) is 0 Å². The highest BCUT2D eigenvalue weighted by atomic mass is 32.2. The van der Waals surface area contributed by atoms with Crippen molar-refractivity contribution in [1.29, 1.82) is 0 Å². The Morgan fingerprint density at radius 2 is 2.03 bits per heavy atom. The summed E-state index contributed by atoms with van der Waals surface area (Å²) < 4.78 is 12.9. The number of carbonyl (C=O) groups excluding carboxylic acids is 1. The van der Waals surface area contributed by atoms with Crippen molar-refractivity contribution >= 4 is 23.6 Å². The lowest BCUT2D eigenvalue weighted by Crippen LogP contribution is -2.32. The number of carboxylic acids is 1. The molecule has 1 saturated heterocycles. The summed E-state index contributed by atoms with van der Waals surface area (Å²) in [6, 6.07) is 5.87. The van der Waals surface area contributed by atoms with Crippen molar-refractivity contribution in [2.24, 2.45) is 0 Å². The Bertz CT molecular complexity index is 963. The maximum atomic E-state index is 13.0. The van der Waals surface area contributed by atoms with Gasteiger partial charge in [-0.3, -0.25) is 14.2 Å². The number of fused-ring (bicyclic) bond motifs is 1. The molecule has 2 aliphatic rings. The van der Waals surface area contributed by atoms with Gasteiger partial charge in [-0.1, -0.05) is 24.8 Å². The molecule has 1 fully saturated rings. The molecular weight excluding hydrogens is 420 g/mol. The van der Waals surface area contributed by atoms with Gasteiger partial charge in [0.15, 0.2) is 16.7 Å². The van der Waals surface area contributed by atoms with Crippen LogP contribution in [0.2, 0.25) is 0 Å². The molecule has 1 aromatic heterocycles. The van der Waals surface area contributed by atoms with E-state index < -0.39 is 5.97 Å². The summed E-state index contributed by atoms with van der Waals surface area (Å²) in [5, 5.41) is 17.9. The van der Waals surface area contributed by atoms with Crippen molar-refractivity contribution < 1.29 is 24.2 Å². The van der Waals surface area contributed by atoms with Crippen molar-refractivity contribution in [2.75, 3.05) is 25.5 Å². The van der Waals surface area contributed by atoms with E-state index >= 15 is 0 Å². The van der Waals surface area contributed by atoms with Crippen LogP contribution in [0.5, 0.6) is 11.5 Å². The van der Waals surface area contributed by atoms with Crippen molar-refractivity contribution in [3.05, 3.63) is 29.6 Å². The lowest BCUT2D eigenvalue weighted by atomic mass is 10.0. The smallest absolute Gasteiger partial charge is 0.323 e. The number of aryl methyl sites for hydroxylation is 1. The number of carbonyl (C=O) groups is 2. The summed E-state index contributed by atoms with van der Waals surface area (Å²) in [4.78, 5) is 26.2. The Hall–Kier alpha value is -2.75. The number of hydrogen-bond donors (Lipinski definition) is 1. The van der Waals surface area contributed by atoms with E-state index in [9.17, 15) is 14.7 Å². The van der Waals surface area contributed by atoms with Gasteiger partial charge in [-0.2, -0.15) is 0 Å². The number of carboxylic acid groups (broad SMARTS) is 1. The van der Waals surface area contributed by atoms with Gasteiger partial charge >= 0.3 is 5.97 Å². The molecular formula is C21H26N4O5S. The number of nitrogens with zero attached hydrogens (tertiary/aromatic N) is 4. The zero-order chi connectivity index (χ0) is 21.8. The van der Waals surface area contributed by atoms with E-state index in [1.807, 2.05) is 30.0 Å². The van der Waals surface area contributed by atoms with E-state index in [4.69, 9.17) is 9.47 Å². The minimum absolute atomic E-state index is 0.00327. The number of benzene rings is 1. The van der Waals surface area contributed by atoms with Crippen LogP contribution < -0.4 is 9.47 Å². The van der Waals surface area contributed by atoms with Crippen LogP contribution in [0.3, 0.4) is 0 Å². The summed E-state index contributed by atoms with van der Waals surface area (Å²) in [5.74, 6) is 1.33. The summed E-state index contributed by atoms with van der Waals surface area (Å²) in [6.45, 7) is 3.56. The minimum atomic E-state index is -0.955. The predicted octanol–water partition coefficient (Wildman–Crippen LogP) is 2.54. The number of likely N-dealkylation sites (tertiary alicyclic amines) is 1. The molecule has 0 saturated carbocycles. The fourth-order valence-corrected chi connectivity index (χ4v) is 4.86. The summed E-state index contributed by atoms with van der Waals surface area (Å²) >= 11 is 1.24. The largest absolute Gasteiger partial charge is 0.486 e. The number of aromatic nitrogens is 3. The molecule has 1 atom stereocenters. The Labute approximate surface area is 184 Å². The number of rotatable bonds is 8. The lowest BCUT2D eigenvalue weighted by molar-refractivity contribution is -0.137. The topological polar surface area (TPSA) is 107 Å². The van der Waals surface area contributed by atoms with Crippen LogP contribution in [0.15, 0.2) is 23.4 Å². The molecule has 0 unspecified atom stereocenters. The van der Waals surface area contributed by atoms with Crippen molar-refractivity contribution in [3.63, 3.8) is 0 Å². The maximum absolute atomic E-state index is 13.0. The third kappa shape index (κ3) is 4.79. The third-order valence-electron chi connectivity index (χ3n) is 5.41. The molecule has 3 heterocycles. The average Bonchev–Trinajstić information content (AvgIpc) is 3.40. The molecule has 31 heavy (non-hydrogen) atoms. The van der Waals surface area contributed by atoms with Crippen LogP contribution in [-0.4, -0.2) is 62.2 Å². The van der Waals surface area contributed by atoms with E-state index in [-0.39, 0.29) is 24.2 Å². The molecule has 1 N–H and O–H groups in total. The second kappa shape index (κ2) is 9.59. The number of ether oxygens (including phenoxy) is 2. The molecule has 0 radical (unpaired) electrons. The highest BCUT2D eigenvalue weighted by Gasteiger charge is 2.31. The number of thioether (sulfide) groups is 1. The van der Waals surface area contributed by atoms with E-state index in [1.165, 1.54) is 11.8 Å². The SMILES string of the molecule is CCCc1nnc(SCC(=O)N2CCC[C@@H]2c2ccc3c(c2)OCCO3)n1CC(=O)O. The quantitative estimate of drug-likeness (QED) is 0.617. The van der Waals surface area contributed by atoms with Crippen LogP contribution in [-0.2, 0) is 22.6 Å². The van der Waals surface area contributed by atoms with Gasteiger partial charge in [-0.25, -0.2) is 0 Å². The fraction of sp³-hybridized carbons (Fsp3) is 0.524. The second-order valence-corrected chi connectivity index (χ2v) is 8.51. The van der Waals surface area contributed by atoms with E-state index in [0.29, 0.717) is 37.2 Å². The van der Waals surface area contributed by atoms with E-state index in [1.54, 1.807) is 4.57 Å². The molecule has 0 aliphatic carbocycles. The van der Waals surface area contributed by atoms with Gasteiger partial charge in [-0.15, -0.1) is 10.2 Å². The first-order valence-corrected chi connectivity index (χ1v) is 11.5. The van der Waals surface area contributed by atoms with Gasteiger partial charge in [0.05, 0.1) is 11.8 Å². The molecule has 0 spiro atoms. The highest BCUT2D eigenvalue weighted by Crippen LogP contribution is 2.38. The molecule has 9 nitrogen and oxygen atoms in total. The van der Waals surface area contributed by atoms with Crippen LogP contribution in [0.4, 0.5) is 0 Å². The van der Waals surface area contributed by atoms with Crippen molar-refractivity contribution in [2.45, 2.75) is 50.4 Å². The lowest BCUT2D eigenvalue weighted by Gasteiger charge is -2.26. The summed E-state index contributed by atoms with van der Waals surface area (Å²) in [5.41, 5.74) is 1.04. The normalized spacial score (nSPS) is 17.7. The van der Waals surface area contributed by atoms with Crippen LogP contribution in [0.25, 0.3) is 0 Å². The summed E-state index contributed by atoms with van der Waals surface area (Å²) in [6.07, 6.45) is 3.32. The zero-order valence-corrected chi connectivity index (χ0v) is 18.3. The molecule has 2 aromatic rings. The molecule has 4 rings (SSSR count). The van der Waals surface area contributed by atoms with Crippen LogP contribution in [0.1, 0.15) is 43.6 Å².